The minimum atomic E-state index is -0.716. The Bertz CT molecular complexity index is 925. The molecule has 0 heterocycles. The Labute approximate surface area is 313 Å². The molecule has 51 heavy (non-hydrogen) atoms. The summed E-state index contributed by atoms with van der Waals surface area (Å²) in [6.07, 6.45) is 32.0. The van der Waals surface area contributed by atoms with E-state index in [0.717, 1.165) is 64.2 Å². The van der Waals surface area contributed by atoms with Crippen LogP contribution >= 0.6 is 0 Å². The lowest BCUT2D eigenvalue weighted by atomic mass is 9.37. The summed E-state index contributed by atoms with van der Waals surface area (Å²) in [6.45, 7) is 10.1. The molecule has 6 nitrogen and oxygen atoms in total. The normalized spacial score (nSPS) is 25.2. The third kappa shape index (κ3) is 15.7. The quantitative estimate of drug-likeness (QED) is 0.0567. The summed E-state index contributed by atoms with van der Waals surface area (Å²) in [5, 5.41) is 9.66. The molecule has 4 rings (SSSR count). The molecule has 296 valence electrons. The van der Waals surface area contributed by atoms with Crippen molar-refractivity contribution in [1.29, 1.82) is 0 Å². The minimum Gasteiger partial charge on any atom is -0.481 e. The third-order valence-electron chi connectivity index (χ3n) is 13.4. The molecule has 4 aliphatic carbocycles. The van der Waals surface area contributed by atoms with Crippen molar-refractivity contribution in [3.8, 4) is 0 Å². The zero-order valence-corrected chi connectivity index (χ0v) is 33.8. The molecule has 0 aliphatic heterocycles. The highest BCUT2D eigenvalue weighted by Gasteiger charge is 2.62. The van der Waals surface area contributed by atoms with Crippen molar-refractivity contribution in [2.45, 2.75) is 220 Å². The van der Waals surface area contributed by atoms with Crippen LogP contribution in [0, 0.1) is 34.0 Å². The number of esters is 2. The topological polar surface area (TPSA) is 89.9 Å². The monoisotopic (exact) mass is 717 g/mol. The lowest BCUT2D eigenvalue weighted by Gasteiger charge is -2.67. The van der Waals surface area contributed by atoms with E-state index >= 15 is 0 Å². The van der Waals surface area contributed by atoms with Gasteiger partial charge in [0.2, 0.25) is 0 Å². The number of unbranched alkanes of at least 4 members (excludes halogenated alkanes) is 8. The van der Waals surface area contributed by atoms with Gasteiger partial charge in [0.1, 0.15) is 0 Å². The highest BCUT2D eigenvalue weighted by Crippen LogP contribution is 2.73. The highest BCUT2D eigenvalue weighted by molar-refractivity contribution is 5.70. The summed E-state index contributed by atoms with van der Waals surface area (Å²) < 4.78 is 11.8. The summed E-state index contributed by atoms with van der Waals surface area (Å²) in [7, 11) is 0. The van der Waals surface area contributed by atoms with Gasteiger partial charge >= 0.3 is 17.9 Å². The number of carbonyl (C=O) groups excluding carboxylic acids is 2. The second kappa shape index (κ2) is 23.3. The fraction of sp³-hybridized carbons (Fsp3) is 0.933. The zero-order valence-electron chi connectivity index (χ0n) is 33.8. The van der Waals surface area contributed by atoms with Crippen molar-refractivity contribution in [2.24, 2.45) is 34.0 Å². The first-order valence-electron chi connectivity index (χ1n) is 22.1. The molecule has 6 heteroatoms. The Hall–Kier alpha value is -1.59. The van der Waals surface area contributed by atoms with E-state index in [2.05, 4.69) is 27.7 Å². The van der Waals surface area contributed by atoms with Crippen LogP contribution in [-0.4, -0.2) is 36.2 Å². The Morgan fingerprint density at radius 1 is 0.529 bits per heavy atom. The molecule has 4 bridgehead atoms. The molecule has 2 atom stereocenters. The maximum absolute atomic E-state index is 13.2. The molecule has 0 radical (unpaired) electrons. The lowest BCUT2D eigenvalue weighted by molar-refractivity contribution is -0.176. The molecular weight excluding hydrogens is 636 g/mol. The van der Waals surface area contributed by atoms with Crippen molar-refractivity contribution >= 4 is 17.9 Å². The fourth-order valence-corrected chi connectivity index (χ4v) is 11.4. The maximum atomic E-state index is 13.2. The molecule has 4 saturated carbocycles. The third-order valence-corrected chi connectivity index (χ3v) is 13.4. The van der Waals surface area contributed by atoms with E-state index in [9.17, 15) is 19.5 Å². The second-order valence-electron chi connectivity index (χ2n) is 18.1. The van der Waals surface area contributed by atoms with Crippen molar-refractivity contribution in [3.05, 3.63) is 0 Å². The van der Waals surface area contributed by atoms with Crippen LogP contribution in [0.3, 0.4) is 0 Å². The van der Waals surface area contributed by atoms with Gasteiger partial charge in [-0.1, -0.05) is 130 Å². The Morgan fingerprint density at radius 3 is 1.18 bits per heavy atom. The summed E-state index contributed by atoms with van der Waals surface area (Å²) in [5.74, 6) is 1.01. The molecule has 4 fully saturated rings. The zero-order chi connectivity index (χ0) is 37.0. The van der Waals surface area contributed by atoms with E-state index in [1.54, 1.807) is 0 Å². The molecular formula is C45H80O6. The van der Waals surface area contributed by atoms with E-state index in [0.29, 0.717) is 50.2 Å². The average Bonchev–Trinajstić information content (AvgIpc) is 3.08. The second-order valence-corrected chi connectivity index (χ2v) is 18.1. The number of rotatable bonds is 31. The van der Waals surface area contributed by atoms with E-state index in [1.807, 2.05) is 0 Å². The summed E-state index contributed by atoms with van der Waals surface area (Å²) in [5.41, 5.74) is 0.113. The number of ether oxygens (including phenoxy) is 2. The van der Waals surface area contributed by atoms with Gasteiger partial charge in [0.25, 0.3) is 0 Å². The molecule has 4 aliphatic rings. The predicted molar refractivity (Wildman–Crippen MR) is 209 cm³/mol. The fourth-order valence-electron chi connectivity index (χ4n) is 11.4. The van der Waals surface area contributed by atoms with Crippen LogP contribution in [0.25, 0.3) is 0 Å². The van der Waals surface area contributed by atoms with E-state index < -0.39 is 5.97 Å². The minimum absolute atomic E-state index is 0.0139. The van der Waals surface area contributed by atoms with Crippen LogP contribution < -0.4 is 0 Å². The van der Waals surface area contributed by atoms with Gasteiger partial charge < -0.3 is 14.6 Å². The first-order chi connectivity index (χ1) is 24.6. The Balaban J connectivity index is 1.55. The molecule has 0 saturated heterocycles. The van der Waals surface area contributed by atoms with Crippen LogP contribution in [0.1, 0.15) is 220 Å². The highest BCUT2D eigenvalue weighted by atomic mass is 16.5. The van der Waals surface area contributed by atoms with E-state index in [4.69, 9.17) is 9.47 Å². The van der Waals surface area contributed by atoms with Crippen LogP contribution in [0.4, 0.5) is 0 Å². The first-order valence-corrected chi connectivity index (χ1v) is 22.1. The number of hydrogen-bond acceptors (Lipinski definition) is 5. The SMILES string of the molecule is CCCCCC(CCCCC)CCOC(=O)CCC12CC3CC(CCC(=O)O)(C1)CC(CCC(=O)OCCC(CCCCC)CCCCC)(C3)C2. The van der Waals surface area contributed by atoms with Gasteiger partial charge in [-0.3, -0.25) is 14.4 Å². The molecule has 0 amide bonds. The standard InChI is InChI=1S/C45H80O6/c1-5-9-13-17-37(18-14-10-6-2)24-29-50-41(48)22-27-44-32-39-31-43(34-44,26-21-40(46)47)35-45(33-39,36-44)28-23-42(49)51-30-25-38(19-15-11-7-3)20-16-12-8-4/h37-39H,5-36H2,1-4H3,(H,46,47). The van der Waals surface area contributed by atoms with Crippen LogP contribution in [0.5, 0.6) is 0 Å². The van der Waals surface area contributed by atoms with Gasteiger partial charge in [0.15, 0.2) is 0 Å². The predicted octanol–water partition coefficient (Wildman–Crippen LogP) is 12.8. The summed E-state index contributed by atoms with van der Waals surface area (Å²) in [4.78, 5) is 38.1. The van der Waals surface area contributed by atoms with Crippen LogP contribution in [0.2, 0.25) is 0 Å². The van der Waals surface area contributed by atoms with E-state index in [1.165, 1.54) is 103 Å². The number of hydrogen-bond donors (Lipinski definition) is 1. The van der Waals surface area contributed by atoms with Crippen molar-refractivity contribution in [2.75, 3.05) is 13.2 Å². The molecule has 0 aromatic heterocycles. The van der Waals surface area contributed by atoms with Crippen molar-refractivity contribution < 1.29 is 29.0 Å². The summed E-state index contributed by atoms with van der Waals surface area (Å²) >= 11 is 0. The Morgan fingerprint density at radius 2 is 0.863 bits per heavy atom. The van der Waals surface area contributed by atoms with Gasteiger partial charge in [-0.2, -0.15) is 0 Å². The maximum Gasteiger partial charge on any atom is 0.305 e. The van der Waals surface area contributed by atoms with Crippen molar-refractivity contribution in [1.82, 2.24) is 0 Å². The molecule has 1 N–H and O–H groups in total. The molecule has 2 unspecified atom stereocenters. The van der Waals surface area contributed by atoms with Gasteiger partial charge in [0, 0.05) is 19.3 Å². The van der Waals surface area contributed by atoms with Gasteiger partial charge in [0.05, 0.1) is 13.2 Å². The number of aliphatic carboxylic acids is 1. The van der Waals surface area contributed by atoms with E-state index in [-0.39, 0.29) is 34.6 Å². The smallest absolute Gasteiger partial charge is 0.305 e. The Kier molecular flexibility index (Phi) is 20.0. The molecule has 0 aromatic rings. The number of carboxylic acids is 1. The lowest BCUT2D eigenvalue weighted by Crippen LogP contribution is -2.57. The summed E-state index contributed by atoms with van der Waals surface area (Å²) in [6, 6.07) is 0. The van der Waals surface area contributed by atoms with Gasteiger partial charge in [-0.05, 0) is 105 Å². The van der Waals surface area contributed by atoms with Gasteiger partial charge in [-0.25, -0.2) is 0 Å². The molecule has 0 aromatic carbocycles. The average molecular weight is 717 g/mol. The largest absolute Gasteiger partial charge is 0.481 e. The van der Waals surface area contributed by atoms with Crippen LogP contribution in [0.15, 0.2) is 0 Å². The number of carboxylic acid groups (broad SMARTS) is 1. The van der Waals surface area contributed by atoms with Crippen LogP contribution in [-0.2, 0) is 23.9 Å². The first kappa shape index (κ1) is 43.8. The van der Waals surface area contributed by atoms with Crippen molar-refractivity contribution in [3.63, 3.8) is 0 Å². The molecule has 0 spiro atoms. The van der Waals surface area contributed by atoms with Gasteiger partial charge in [-0.15, -0.1) is 0 Å². The number of carbonyl (C=O) groups is 3.